The third kappa shape index (κ3) is 6.24. The van der Waals surface area contributed by atoms with Gasteiger partial charge in [0.2, 0.25) is 5.91 Å². The number of hydrogen-bond donors (Lipinski definition) is 2. The third-order valence-corrected chi connectivity index (χ3v) is 3.63. The number of carbonyl (C=O) groups is 2. The molecule has 0 saturated heterocycles. The van der Waals surface area contributed by atoms with Crippen molar-refractivity contribution >= 4 is 23.2 Å². The Kier molecular flexibility index (Phi) is 7.21. The zero-order valence-electron chi connectivity index (χ0n) is 15.5. The quantitative estimate of drug-likeness (QED) is 0.712. The molecule has 0 aliphatic heterocycles. The molecule has 138 valence electrons. The summed E-state index contributed by atoms with van der Waals surface area (Å²) in [6.45, 7) is 5.92. The second-order valence-electron chi connectivity index (χ2n) is 6.38. The first kappa shape index (κ1) is 19.5. The zero-order valence-corrected chi connectivity index (χ0v) is 15.5. The summed E-state index contributed by atoms with van der Waals surface area (Å²) < 4.78 is 5.62. The van der Waals surface area contributed by atoms with E-state index in [-0.39, 0.29) is 17.9 Å². The summed E-state index contributed by atoms with van der Waals surface area (Å²) in [5.74, 6) is 0.409. The van der Waals surface area contributed by atoms with Crippen LogP contribution in [0, 0.1) is 0 Å². The fraction of sp³-hybridized carbons (Fsp3) is 0.333. The summed E-state index contributed by atoms with van der Waals surface area (Å²) in [4.78, 5) is 24.3. The van der Waals surface area contributed by atoms with E-state index in [1.807, 2.05) is 26.8 Å². The molecule has 0 saturated carbocycles. The Labute approximate surface area is 154 Å². The van der Waals surface area contributed by atoms with Crippen LogP contribution in [-0.4, -0.2) is 17.9 Å². The smallest absolute Gasteiger partial charge is 0.255 e. The Morgan fingerprint density at radius 3 is 2.38 bits per heavy atom. The summed E-state index contributed by atoms with van der Waals surface area (Å²) in [5, 5.41) is 5.70. The van der Waals surface area contributed by atoms with E-state index < -0.39 is 0 Å². The lowest BCUT2D eigenvalue weighted by Crippen LogP contribution is -2.14. The summed E-state index contributed by atoms with van der Waals surface area (Å²) in [6, 6.07) is 14.2. The molecule has 0 radical (unpaired) electrons. The highest BCUT2D eigenvalue weighted by atomic mass is 16.5. The predicted octanol–water partition coefficient (Wildman–Crippen LogP) is 4.85. The van der Waals surface area contributed by atoms with E-state index in [2.05, 4.69) is 10.6 Å². The number of amides is 2. The number of carbonyl (C=O) groups excluding carboxylic acids is 2. The molecule has 2 N–H and O–H groups in total. The van der Waals surface area contributed by atoms with Crippen LogP contribution in [-0.2, 0) is 4.79 Å². The van der Waals surface area contributed by atoms with Crippen molar-refractivity contribution in [1.82, 2.24) is 0 Å². The maximum absolute atomic E-state index is 12.5. The lowest BCUT2D eigenvalue weighted by Gasteiger charge is -2.12. The molecular formula is C21H26N2O3. The molecule has 0 heterocycles. The van der Waals surface area contributed by atoms with Crippen LogP contribution in [0.3, 0.4) is 0 Å². The van der Waals surface area contributed by atoms with Gasteiger partial charge in [-0.3, -0.25) is 9.59 Å². The van der Waals surface area contributed by atoms with Gasteiger partial charge >= 0.3 is 0 Å². The number of nitrogens with one attached hydrogen (secondary N) is 2. The number of ether oxygens (including phenoxy) is 1. The van der Waals surface area contributed by atoms with Gasteiger partial charge in [0.05, 0.1) is 6.10 Å². The van der Waals surface area contributed by atoms with Gasteiger partial charge in [0.25, 0.3) is 5.91 Å². The molecule has 2 rings (SSSR count). The van der Waals surface area contributed by atoms with Crippen molar-refractivity contribution < 1.29 is 14.3 Å². The van der Waals surface area contributed by atoms with Crippen molar-refractivity contribution in [3.8, 4) is 5.75 Å². The van der Waals surface area contributed by atoms with Crippen molar-refractivity contribution in [3.05, 3.63) is 54.1 Å². The average Bonchev–Trinajstić information content (AvgIpc) is 2.60. The van der Waals surface area contributed by atoms with Crippen LogP contribution in [0.1, 0.15) is 50.4 Å². The maximum Gasteiger partial charge on any atom is 0.255 e. The summed E-state index contributed by atoms with van der Waals surface area (Å²) in [6.07, 6.45) is 2.37. The summed E-state index contributed by atoms with van der Waals surface area (Å²) in [5.41, 5.74) is 1.81. The van der Waals surface area contributed by atoms with Gasteiger partial charge in [-0.15, -0.1) is 0 Å². The van der Waals surface area contributed by atoms with Gasteiger partial charge in [-0.1, -0.05) is 25.5 Å². The summed E-state index contributed by atoms with van der Waals surface area (Å²) >= 11 is 0. The van der Waals surface area contributed by atoms with E-state index in [9.17, 15) is 9.59 Å². The first-order chi connectivity index (χ1) is 12.5. The summed E-state index contributed by atoms with van der Waals surface area (Å²) in [7, 11) is 0. The monoisotopic (exact) mass is 354 g/mol. The molecule has 0 atom stereocenters. The average molecular weight is 354 g/mol. The van der Waals surface area contributed by atoms with Crippen molar-refractivity contribution in [3.63, 3.8) is 0 Å². The molecule has 0 bridgehead atoms. The van der Waals surface area contributed by atoms with Gasteiger partial charge in [-0.25, -0.2) is 0 Å². The van der Waals surface area contributed by atoms with Gasteiger partial charge in [0.15, 0.2) is 0 Å². The molecule has 0 unspecified atom stereocenters. The predicted molar refractivity (Wildman–Crippen MR) is 105 cm³/mol. The zero-order chi connectivity index (χ0) is 18.9. The van der Waals surface area contributed by atoms with Crippen molar-refractivity contribution in [1.29, 1.82) is 0 Å². The normalized spacial score (nSPS) is 10.5. The number of hydrogen-bond acceptors (Lipinski definition) is 3. The van der Waals surface area contributed by atoms with Crippen LogP contribution < -0.4 is 15.4 Å². The van der Waals surface area contributed by atoms with Gasteiger partial charge < -0.3 is 15.4 Å². The van der Waals surface area contributed by atoms with Gasteiger partial charge in [0, 0.05) is 23.4 Å². The van der Waals surface area contributed by atoms with Gasteiger partial charge in [-0.2, -0.15) is 0 Å². The van der Waals surface area contributed by atoms with Crippen LogP contribution in [0.2, 0.25) is 0 Å². The molecule has 0 aliphatic carbocycles. The molecule has 26 heavy (non-hydrogen) atoms. The molecule has 5 nitrogen and oxygen atoms in total. The van der Waals surface area contributed by atoms with Gasteiger partial charge in [0.1, 0.15) is 5.75 Å². The topological polar surface area (TPSA) is 67.4 Å². The number of unbranched alkanes of at least 4 members (excludes halogenated alkanes) is 1. The SMILES string of the molecule is CCCCC(=O)Nc1cccc(NC(=O)c2cccc(OC(C)C)c2)c1. The van der Waals surface area contributed by atoms with E-state index in [1.165, 1.54) is 0 Å². The Bertz CT molecular complexity index is 756. The Balaban J connectivity index is 2.03. The molecule has 0 spiro atoms. The molecule has 5 heteroatoms. The lowest BCUT2D eigenvalue weighted by atomic mass is 10.2. The van der Waals surface area contributed by atoms with Crippen molar-refractivity contribution in [2.45, 2.75) is 46.1 Å². The lowest BCUT2D eigenvalue weighted by molar-refractivity contribution is -0.116. The molecular weight excluding hydrogens is 328 g/mol. The van der Waals surface area contributed by atoms with E-state index in [0.717, 1.165) is 12.8 Å². The van der Waals surface area contributed by atoms with Crippen molar-refractivity contribution in [2.75, 3.05) is 10.6 Å². The Morgan fingerprint density at radius 1 is 1.00 bits per heavy atom. The fourth-order valence-electron chi connectivity index (χ4n) is 2.42. The van der Waals surface area contributed by atoms with Gasteiger partial charge in [-0.05, 0) is 56.7 Å². The number of anilines is 2. The first-order valence-corrected chi connectivity index (χ1v) is 8.96. The maximum atomic E-state index is 12.5. The largest absolute Gasteiger partial charge is 0.491 e. The van der Waals surface area contributed by atoms with Crippen LogP contribution in [0.5, 0.6) is 5.75 Å². The molecule has 0 aromatic heterocycles. The Hall–Kier alpha value is -2.82. The second-order valence-corrected chi connectivity index (χ2v) is 6.38. The Morgan fingerprint density at radius 2 is 1.69 bits per heavy atom. The minimum absolute atomic E-state index is 0.0196. The highest BCUT2D eigenvalue weighted by Gasteiger charge is 2.09. The van der Waals surface area contributed by atoms with Crippen LogP contribution >= 0.6 is 0 Å². The minimum atomic E-state index is -0.228. The van der Waals surface area contributed by atoms with E-state index in [1.54, 1.807) is 42.5 Å². The first-order valence-electron chi connectivity index (χ1n) is 8.96. The number of benzene rings is 2. The fourth-order valence-corrected chi connectivity index (χ4v) is 2.42. The highest BCUT2D eigenvalue weighted by Crippen LogP contribution is 2.19. The standard InChI is InChI=1S/C21H26N2O3/c1-4-5-12-20(24)22-17-9-7-10-18(14-17)23-21(25)16-8-6-11-19(13-16)26-15(2)3/h6-11,13-15H,4-5,12H2,1-3H3,(H,22,24)(H,23,25). The minimum Gasteiger partial charge on any atom is -0.491 e. The third-order valence-electron chi connectivity index (χ3n) is 3.63. The molecule has 2 amide bonds. The molecule has 0 aliphatic rings. The molecule has 2 aromatic carbocycles. The van der Waals surface area contributed by atoms with E-state index >= 15 is 0 Å². The van der Waals surface area contributed by atoms with E-state index in [0.29, 0.717) is 29.1 Å². The number of rotatable bonds is 8. The van der Waals surface area contributed by atoms with Crippen molar-refractivity contribution in [2.24, 2.45) is 0 Å². The van der Waals surface area contributed by atoms with Crippen LogP contribution in [0.25, 0.3) is 0 Å². The molecule has 2 aromatic rings. The second kappa shape index (κ2) is 9.61. The molecule has 0 fully saturated rings. The van der Waals surface area contributed by atoms with Crippen LogP contribution in [0.4, 0.5) is 11.4 Å². The van der Waals surface area contributed by atoms with Crippen LogP contribution in [0.15, 0.2) is 48.5 Å². The van der Waals surface area contributed by atoms with E-state index in [4.69, 9.17) is 4.74 Å². The highest BCUT2D eigenvalue weighted by molar-refractivity contribution is 6.05.